The molecule has 2 aromatic rings. The van der Waals surface area contributed by atoms with Crippen LogP contribution in [0.25, 0.3) is 0 Å². The highest BCUT2D eigenvalue weighted by Gasteiger charge is 2.04. The SMILES string of the molecule is CCCCC(=O)Nc1cnn(Cc2ccc(Br)cc2)c1. The number of hydrogen-bond donors (Lipinski definition) is 1. The predicted molar refractivity (Wildman–Crippen MR) is 83.6 cm³/mol. The topological polar surface area (TPSA) is 46.9 Å². The zero-order valence-electron chi connectivity index (χ0n) is 11.5. The van der Waals surface area contributed by atoms with Crippen molar-refractivity contribution in [3.05, 3.63) is 46.7 Å². The molecule has 1 amide bonds. The summed E-state index contributed by atoms with van der Waals surface area (Å²) in [5.74, 6) is 0.0510. The fraction of sp³-hybridized carbons (Fsp3) is 0.333. The molecule has 0 bridgehead atoms. The maximum Gasteiger partial charge on any atom is 0.224 e. The number of hydrogen-bond acceptors (Lipinski definition) is 2. The van der Waals surface area contributed by atoms with Crippen molar-refractivity contribution < 1.29 is 4.79 Å². The number of carbonyl (C=O) groups is 1. The van der Waals surface area contributed by atoms with Crippen LogP contribution in [-0.2, 0) is 11.3 Å². The molecule has 5 heteroatoms. The summed E-state index contributed by atoms with van der Waals surface area (Å²) in [4.78, 5) is 11.6. The molecule has 4 nitrogen and oxygen atoms in total. The number of aromatic nitrogens is 2. The van der Waals surface area contributed by atoms with Crippen molar-refractivity contribution in [2.75, 3.05) is 5.32 Å². The van der Waals surface area contributed by atoms with Gasteiger partial charge < -0.3 is 5.32 Å². The summed E-state index contributed by atoms with van der Waals surface area (Å²) in [7, 11) is 0. The number of nitrogens with zero attached hydrogens (tertiary/aromatic N) is 2. The summed E-state index contributed by atoms with van der Waals surface area (Å²) in [5, 5.41) is 7.12. The molecular weight excluding hydrogens is 318 g/mol. The van der Waals surface area contributed by atoms with Crippen molar-refractivity contribution in [3.8, 4) is 0 Å². The van der Waals surface area contributed by atoms with Gasteiger partial charge in [-0.15, -0.1) is 0 Å². The molecule has 0 saturated heterocycles. The van der Waals surface area contributed by atoms with Gasteiger partial charge >= 0.3 is 0 Å². The van der Waals surface area contributed by atoms with E-state index in [-0.39, 0.29) is 5.91 Å². The average Bonchev–Trinajstić information content (AvgIpc) is 2.86. The molecule has 1 aromatic carbocycles. The van der Waals surface area contributed by atoms with E-state index in [0.717, 1.165) is 23.0 Å². The molecule has 0 aliphatic rings. The first kappa shape index (κ1) is 14.8. The van der Waals surface area contributed by atoms with E-state index in [1.807, 2.05) is 35.1 Å². The highest BCUT2D eigenvalue weighted by Crippen LogP contribution is 2.13. The molecule has 20 heavy (non-hydrogen) atoms. The third kappa shape index (κ3) is 4.49. The smallest absolute Gasteiger partial charge is 0.224 e. The van der Waals surface area contributed by atoms with Gasteiger partial charge in [-0.25, -0.2) is 0 Å². The summed E-state index contributed by atoms with van der Waals surface area (Å²) < 4.78 is 2.88. The highest BCUT2D eigenvalue weighted by atomic mass is 79.9. The van der Waals surface area contributed by atoms with Gasteiger partial charge in [-0.05, 0) is 24.1 Å². The lowest BCUT2D eigenvalue weighted by Gasteiger charge is -2.02. The third-order valence-electron chi connectivity index (χ3n) is 2.93. The van der Waals surface area contributed by atoms with Crippen molar-refractivity contribution in [1.82, 2.24) is 9.78 Å². The quantitative estimate of drug-likeness (QED) is 0.872. The van der Waals surface area contributed by atoms with Gasteiger partial charge in [0.2, 0.25) is 5.91 Å². The monoisotopic (exact) mass is 335 g/mol. The van der Waals surface area contributed by atoms with Crippen LogP contribution in [0.5, 0.6) is 0 Å². The molecule has 1 aromatic heterocycles. The Balaban J connectivity index is 1.91. The maximum atomic E-state index is 11.6. The van der Waals surface area contributed by atoms with Crippen molar-refractivity contribution in [1.29, 1.82) is 0 Å². The van der Waals surface area contributed by atoms with Crippen LogP contribution in [0.3, 0.4) is 0 Å². The molecular formula is C15H18BrN3O. The first-order chi connectivity index (χ1) is 9.67. The molecule has 2 rings (SSSR count). The lowest BCUT2D eigenvalue weighted by molar-refractivity contribution is -0.116. The van der Waals surface area contributed by atoms with E-state index in [2.05, 4.69) is 33.3 Å². The van der Waals surface area contributed by atoms with E-state index in [1.165, 1.54) is 5.56 Å². The summed E-state index contributed by atoms with van der Waals surface area (Å²) in [6, 6.07) is 8.11. The minimum atomic E-state index is 0.0510. The van der Waals surface area contributed by atoms with E-state index in [9.17, 15) is 4.79 Å². The van der Waals surface area contributed by atoms with Gasteiger partial charge in [-0.2, -0.15) is 5.10 Å². The standard InChI is InChI=1S/C15H18BrN3O/c1-2-3-4-15(20)18-14-9-17-19(11-14)10-12-5-7-13(16)8-6-12/h5-9,11H,2-4,10H2,1H3,(H,18,20). The van der Waals surface area contributed by atoms with E-state index >= 15 is 0 Å². The normalized spacial score (nSPS) is 10.5. The second kappa shape index (κ2) is 7.24. The Morgan fingerprint density at radius 3 is 2.80 bits per heavy atom. The molecule has 106 valence electrons. The fourth-order valence-corrected chi connectivity index (χ4v) is 2.12. The van der Waals surface area contributed by atoms with Gasteiger partial charge in [0.1, 0.15) is 0 Å². The van der Waals surface area contributed by atoms with Gasteiger partial charge in [-0.3, -0.25) is 9.48 Å². The van der Waals surface area contributed by atoms with Crippen LogP contribution in [0.1, 0.15) is 31.7 Å². The molecule has 0 radical (unpaired) electrons. The second-order valence-electron chi connectivity index (χ2n) is 4.70. The number of unbranched alkanes of at least 4 members (excludes halogenated alkanes) is 1. The molecule has 0 saturated carbocycles. The second-order valence-corrected chi connectivity index (χ2v) is 5.62. The minimum absolute atomic E-state index is 0.0510. The third-order valence-corrected chi connectivity index (χ3v) is 3.46. The first-order valence-electron chi connectivity index (χ1n) is 6.74. The summed E-state index contributed by atoms with van der Waals surface area (Å²) in [5.41, 5.74) is 1.92. The zero-order valence-corrected chi connectivity index (χ0v) is 13.1. The maximum absolute atomic E-state index is 11.6. The molecule has 0 spiro atoms. The van der Waals surface area contributed by atoms with Gasteiger partial charge in [0.15, 0.2) is 0 Å². The number of nitrogens with one attached hydrogen (secondary N) is 1. The molecule has 0 unspecified atom stereocenters. The molecule has 0 fully saturated rings. The van der Waals surface area contributed by atoms with E-state index in [4.69, 9.17) is 0 Å². The number of halogens is 1. The number of carbonyl (C=O) groups excluding carboxylic acids is 1. The lowest BCUT2D eigenvalue weighted by atomic mass is 10.2. The van der Waals surface area contributed by atoms with Crippen molar-refractivity contribution in [2.45, 2.75) is 32.7 Å². The van der Waals surface area contributed by atoms with Gasteiger partial charge in [0, 0.05) is 17.1 Å². The van der Waals surface area contributed by atoms with Gasteiger partial charge in [0.05, 0.1) is 18.4 Å². The molecule has 0 aliphatic carbocycles. The summed E-state index contributed by atoms with van der Waals surface area (Å²) in [6.45, 7) is 2.77. The van der Waals surface area contributed by atoms with E-state index in [1.54, 1.807) is 6.20 Å². The Morgan fingerprint density at radius 1 is 1.35 bits per heavy atom. The number of benzene rings is 1. The Kier molecular flexibility index (Phi) is 5.35. The van der Waals surface area contributed by atoms with Crippen LogP contribution in [0.15, 0.2) is 41.1 Å². The summed E-state index contributed by atoms with van der Waals surface area (Å²) in [6.07, 6.45) is 6.04. The Labute approximate surface area is 127 Å². The van der Waals surface area contributed by atoms with Crippen LogP contribution in [0.4, 0.5) is 5.69 Å². The van der Waals surface area contributed by atoms with Crippen LogP contribution < -0.4 is 5.32 Å². The van der Waals surface area contributed by atoms with Crippen LogP contribution in [0.2, 0.25) is 0 Å². The van der Waals surface area contributed by atoms with Crippen molar-refractivity contribution in [3.63, 3.8) is 0 Å². The zero-order chi connectivity index (χ0) is 14.4. The number of amides is 1. The van der Waals surface area contributed by atoms with Gasteiger partial charge in [-0.1, -0.05) is 41.4 Å². The molecule has 1 heterocycles. The lowest BCUT2D eigenvalue weighted by Crippen LogP contribution is -2.10. The number of rotatable bonds is 6. The van der Waals surface area contributed by atoms with E-state index in [0.29, 0.717) is 13.0 Å². The Morgan fingerprint density at radius 2 is 2.10 bits per heavy atom. The highest BCUT2D eigenvalue weighted by molar-refractivity contribution is 9.10. The number of anilines is 1. The largest absolute Gasteiger partial charge is 0.323 e. The first-order valence-corrected chi connectivity index (χ1v) is 7.53. The van der Waals surface area contributed by atoms with Crippen molar-refractivity contribution in [2.24, 2.45) is 0 Å². The molecule has 0 aliphatic heterocycles. The summed E-state index contributed by atoms with van der Waals surface area (Å²) >= 11 is 3.41. The van der Waals surface area contributed by atoms with E-state index < -0.39 is 0 Å². The Hall–Kier alpha value is -1.62. The predicted octanol–water partition coefficient (Wildman–Crippen LogP) is 3.82. The van der Waals surface area contributed by atoms with Crippen LogP contribution in [0, 0.1) is 0 Å². The van der Waals surface area contributed by atoms with Crippen LogP contribution >= 0.6 is 15.9 Å². The fourth-order valence-electron chi connectivity index (χ4n) is 1.85. The van der Waals surface area contributed by atoms with Crippen LogP contribution in [-0.4, -0.2) is 15.7 Å². The average molecular weight is 336 g/mol. The minimum Gasteiger partial charge on any atom is -0.323 e. The molecule has 1 N–H and O–H groups in total. The Bertz CT molecular complexity index is 563. The van der Waals surface area contributed by atoms with Crippen molar-refractivity contribution >= 4 is 27.5 Å². The van der Waals surface area contributed by atoms with Gasteiger partial charge in [0.25, 0.3) is 0 Å². The molecule has 0 atom stereocenters.